The molecular formula is C10H20N2O3. The molecule has 1 rings (SSSR count). The lowest BCUT2D eigenvalue weighted by Gasteiger charge is -2.30. The van der Waals surface area contributed by atoms with E-state index in [0.29, 0.717) is 0 Å². The van der Waals surface area contributed by atoms with Crippen molar-refractivity contribution >= 4 is 5.97 Å². The minimum absolute atomic E-state index is 0.163. The number of likely N-dealkylation sites (N-methyl/N-ethyl adjacent to an activating group) is 1. The highest BCUT2D eigenvalue weighted by atomic mass is 16.5. The number of rotatable bonds is 4. The second kappa shape index (κ2) is 6.05. The zero-order chi connectivity index (χ0) is 11.3. The zero-order valence-electron chi connectivity index (χ0n) is 9.66. The minimum Gasteiger partial charge on any atom is -0.468 e. The Hall–Kier alpha value is -0.650. The summed E-state index contributed by atoms with van der Waals surface area (Å²) in [5.41, 5.74) is 0. The van der Waals surface area contributed by atoms with E-state index in [9.17, 15) is 4.79 Å². The molecule has 1 saturated heterocycles. The van der Waals surface area contributed by atoms with E-state index in [-0.39, 0.29) is 18.1 Å². The fourth-order valence-corrected chi connectivity index (χ4v) is 1.57. The van der Waals surface area contributed by atoms with E-state index in [0.717, 1.165) is 26.2 Å². The predicted molar refractivity (Wildman–Crippen MR) is 56.7 cm³/mol. The van der Waals surface area contributed by atoms with Gasteiger partial charge in [0.05, 0.1) is 19.8 Å². The highest BCUT2D eigenvalue weighted by molar-refractivity contribution is 5.75. The van der Waals surface area contributed by atoms with E-state index < -0.39 is 0 Å². The first-order valence-electron chi connectivity index (χ1n) is 5.25. The Morgan fingerprint density at radius 3 is 3.00 bits per heavy atom. The molecule has 88 valence electrons. The number of carbonyl (C=O) groups is 1. The molecule has 0 saturated carbocycles. The van der Waals surface area contributed by atoms with Gasteiger partial charge in [-0.05, 0) is 14.0 Å². The van der Waals surface area contributed by atoms with Crippen LogP contribution in [-0.4, -0.2) is 63.4 Å². The van der Waals surface area contributed by atoms with Crippen LogP contribution in [0.25, 0.3) is 0 Å². The van der Waals surface area contributed by atoms with Crippen molar-refractivity contribution in [2.24, 2.45) is 0 Å². The van der Waals surface area contributed by atoms with Gasteiger partial charge in [0, 0.05) is 19.6 Å². The molecule has 0 aromatic heterocycles. The molecule has 1 aliphatic heterocycles. The van der Waals surface area contributed by atoms with E-state index in [1.54, 1.807) is 0 Å². The highest BCUT2D eigenvalue weighted by Crippen LogP contribution is 2.03. The molecule has 5 heteroatoms. The first-order valence-corrected chi connectivity index (χ1v) is 5.25. The lowest BCUT2D eigenvalue weighted by molar-refractivity contribution is -0.146. The van der Waals surface area contributed by atoms with E-state index >= 15 is 0 Å². The molecule has 0 aromatic rings. The van der Waals surface area contributed by atoms with Gasteiger partial charge in [-0.2, -0.15) is 0 Å². The van der Waals surface area contributed by atoms with Crippen molar-refractivity contribution < 1.29 is 14.3 Å². The molecule has 1 aliphatic rings. The summed E-state index contributed by atoms with van der Waals surface area (Å²) in [5, 5.41) is 3.25. The smallest absolute Gasteiger partial charge is 0.322 e. The molecular weight excluding hydrogens is 196 g/mol. The maximum absolute atomic E-state index is 11.3. The Morgan fingerprint density at radius 2 is 2.47 bits per heavy atom. The number of ether oxygens (including phenoxy) is 2. The van der Waals surface area contributed by atoms with Crippen LogP contribution in [0.3, 0.4) is 0 Å². The fourth-order valence-electron chi connectivity index (χ4n) is 1.57. The zero-order valence-corrected chi connectivity index (χ0v) is 9.66. The van der Waals surface area contributed by atoms with Crippen molar-refractivity contribution in [2.45, 2.75) is 19.1 Å². The van der Waals surface area contributed by atoms with Crippen LogP contribution in [0.15, 0.2) is 0 Å². The molecule has 0 bridgehead atoms. The van der Waals surface area contributed by atoms with Crippen molar-refractivity contribution in [1.29, 1.82) is 0 Å². The van der Waals surface area contributed by atoms with Crippen LogP contribution in [0.5, 0.6) is 0 Å². The fraction of sp³-hybridized carbons (Fsp3) is 0.900. The number of carbonyl (C=O) groups excluding carboxylic acids is 1. The summed E-state index contributed by atoms with van der Waals surface area (Å²) in [5.74, 6) is -0.207. The third kappa shape index (κ3) is 3.77. The Bertz CT molecular complexity index is 205. The van der Waals surface area contributed by atoms with Crippen LogP contribution in [0.1, 0.15) is 6.92 Å². The van der Waals surface area contributed by atoms with Crippen LogP contribution in [0.2, 0.25) is 0 Å². The lowest BCUT2D eigenvalue weighted by atomic mass is 10.2. The van der Waals surface area contributed by atoms with Gasteiger partial charge in [0.15, 0.2) is 0 Å². The van der Waals surface area contributed by atoms with E-state index in [2.05, 4.69) is 10.1 Å². The Labute approximate surface area is 90.7 Å². The van der Waals surface area contributed by atoms with Gasteiger partial charge in [0.2, 0.25) is 0 Å². The van der Waals surface area contributed by atoms with Gasteiger partial charge in [-0.25, -0.2) is 0 Å². The summed E-state index contributed by atoms with van der Waals surface area (Å²) in [4.78, 5) is 13.2. The Kier molecular flexibility index (Phi) is 5.01. The highest BCUT2D eigenvalue weighted by Gasteiger charge is 2.22. The lowest BCUT2D eigenvalue weighted by Crippen LogP contribution is -2.48. The van der Waals surface area contributed by atoms with Gasteiger partial charge in [-0.15, -0.1) is 0 Å². The van der Waals surface area contributed by atoms with Gasteiger partial charge in [0.1, 0.15) is 6.04 Å². The maximum Gasteiger partial charge on any atom is 0.322 e. The molecule has 0 aromatic carbocycles. The average molecular weight is 216 g/mol. The number of esters is 1. The molecule has 0 aliphatic carbocycles. The summed E-state index contributed by atoms with van der Waals surface area (Å²) in [6, 6.07) is -0.222. The molecule has 2 unspecified atom stereocenters. The average Bonchev–Trinajstić information content (AvgIpc) is 2.28. The van der Waals surface area contributed by atoms with Crippen molar-refractivity contribution in [3.8, 4) is 0 Å². The van der Waals surface area contributed by atoms with Crippen molar-refractivity contribution in [3.05, 3.63) is 0 Å². The summed E-state index contributed by atoms with van der Waals surface area (Å²) in [7, 11) is 3.31. The maximum atomic E-state index is 11.3. The topological polar surface area (TPSA) is 50.8 Å². The van der Waals surface area contributed by atoms with Gasteiger partial charge >= 0.3 is 5.97 Å². The minimum atomic E-state index is -0.222. The monoisotopic (exact) mass is 216 g/mol. The number of nitrogens with zero attached hydrogens (tertiary/aromatic N) is 1. The third-order valence-electron chi connectivity index (χ3n) is 2.70. The Morgan fingerprint density at radius 1 is 1.73 bits per heavy atom. The largest absolute Gasteiger partial charge is 0.468 e. The van der Waals surface area contributed by atoms with Gasteiger partial charge in [0.25, 0.3) is 0 Å². The molecule has 2 atom stereocenters. The normalized spacial score (nSPS) is 23.9. The first kappa shape index (κ1) is 12.4. The summed E-state index contributed by atoms with van der Waals surface area (Å²) in [6.45, 7) is 5.07. The van der Waals surface area contributed by atoms with Crippen LogP contribution in [0.4, 0.5) is 0 Å². The summed E-state index contributed by atoms with van der Waals surface area (Å²) in [6.07, 6.45) is 0.163. The molecule has 15 heavy (non-hydrogen) atoms. The SMILES string of the molecule is COC(=O)C(C)N(C)CC1CNCCO1. The number of methoxy groups -OCH3 is 1. The summed E-state index contributed by atoms with van der Waals surface area (Å²) < 4.78 is 10.2. The van der Waals surface area contributed by atoms with E-state index in [1.807, 2.05) is 18.9 Å². The number of nitrogens with one attached hydrogen (secondary N) is 1. The van der Waals surface area contributed by atoms with Gasteiger partial charge in [-0.1, -0.05) is 0 Å². The van der Waals surface area contributed by atoms with Gasteiger partial charge in [-0.3, -0.25) is 9.69 Å². The van der Waals surface area contributed by atoms with Crippen LogP contribution in [0, 0.1) is 0 Å². The van der Waals surface area contributed by atoms with Crippen LogP contribution >= 0.6 is 0 Å². The molecule has 1 N–H and O–H groups in total. The van der Waals surface area contributed by atoms with Crippen molar-refractivity contribution in [3.63, 3.8) is 0 Å². The second-order valence-electron chi connectivity index (χ2n) is 3.84. The molecule has 0 radical (unpaired) electrons. The van der Waals surface area contributed by atoms with Crippen molar-refractivity contribution in [2.75, 3.05) is 40.4 Å². The number of hydrogen-bond donors (Lipinski definition) is 1. The number of morpholine rings is 1. The molecule has 5 nitrogen and oxygen atoms in total. The second-order valence-corrected chi connectivity index (χ2v) is 3.84. The molecule has 0 spiro atoms. The molecule has 0 amide bonds. The quantitative estimate of drug-likeness (QED) is 0.640. The van der Waals surface area contributed by atoms with E-state index in [1.165, 1.54) is 7.11 Å². The van der Waals surface area contributed by atoms with Crippen LogP contribution in [-0.2, 0) is 14.3 Å². The predicted octanol–water partition coefficient (Wildman–Crippen LogP) is -0.532. The summed E-state index contributed by atoms with van der Waals surface area (Å²) >= 11 is 0. The standard InChI is InChI=1S/C10H20N2O3/c1-8(10(13)14-3)12(2)7-9-6-11-4-5-15-9/h8-9,11H,4-7H2,1-3H3. The van der Waals surface area contributed by atoms with Crippen LogP contribution < -0.4 is 5.32 Å². The van der Waals surface area contributed by atoms with E-state index in [4.69, 9.17) is 4.74 Å². The Balaban J connectivity index is 2.32. The van der Waals surface area contributed by atoms with Gasteiger partial charge < -0.3 is 14.8 Å². The third-order valence-corrected chi connectivity index (χ3v) is 2.70. The molecule has 1 heterocycles. The van der Waals surface area contributed by atoms with Crippen molar-refractivity contribution in [1.82, 2.24) is 10.2 Å². The number of hydrogen-bond acceptors (Lipinski definition) is 5. The molecule has 1 fully saturated rings. The first-order chi connectivity index (χ1) is 7.15.